The van der Waals surface area contributed by atoms with Crippen molar-refractivity contribution in [2.75, 3.05) is 25.6 Å². The van der Waals surface area contributed by atoms with Crippen LogP contribution < -0.4 is 19.5 Å². The average Bonchev–Trinajstić information content (AvgIpc) is 3.00. The lowest BCUT2D eigenvalue weighted by molar-refractivity contribution is 0.165. The summed E-state index contributed by atoms with van der Waals surface area (Å²) in [5.41, 5.74) is 1.05. The molecule has 6 nitrogen and oxygen atoms in total. The molecule has 0 unspecified atom stereocenters. The van der Waals surface area contributed by atoms with Crippen molar-refractivity contribution >= 4 is 16.5 Å². The van der Waals surface area contributed by atoms with Gasteiger partial charge in [-0.05, 0) is 24.1 Å². The third-order valence-electron chi connectivity index (χ3n) is 3.10. The fraction of sp³-hybridized carbons (Fsp3) is 0.429. The molecule has 1 aromatic heterocycles. The molecule has 0 amide bonds. The Hall–Kier alpha value is -2.02. The van der Waals surface area contributed by atoms with E-state index >= 15 is 0 Å². The zero-order chi connectivity index (χ0) is 14.7. The van der Waals surface area contributed by atoms with Crippen molar-refractivity contribution in [2.45, 2.75) is 19.9 Å². The lowest BCUT2D eigenvalue weighted by Gasteiger charge is -2.21. The number of hydrogen-bond acceptors (Lipinski definition) is 7. The number of fused-ring (bicyclic) bond motifs is 1. The Labute approximate surface area is 127 Å². The van der Waals surface area contributed by atoms with Gasteiger partial charge in [0.25, 0.3) is 0 Å². The summed E-state index contributed by atoms with van der Waals surface area (Å²) in [6, 6.07) is 3.91. The van der Waals surface area contributed by atoms with E-state index in [2.05, 4.69) is 22.4 Å². The van der Waals surface area contributed by atoms with Gasteiger partial charge in [0.2, 0.25) is 10.9 Å². The van der Waals surface area contributed by atoms with Crippen LogP contribution in [0.25, 0.3) is 0 Å². The smallest absolute Gasteiger partial charge is 0.205 e. The van der Waals surface area contributed by atoms with Crippen LogP contribution in [0.1, 0.15) is 17.5 Å². The van der Waals surface area contributed by atoms with Gasteiger partial charge in [-0.1, -0.05) is 18.3 Å². The normalized spacial score (nSPS) is 13.0. The van der Waals surface area contributed by atoms with Crippen LogP contribution >= 0.6 is 11.3 Å². The minimum atomic E-state index is 0.547. The van der Waals surface area contributed by atoms with Gasteiger partial charge in [-0.15, -0.1) is 10.2 Å². The number of aryl methyl sites for hydroxylation is 1. The number of nitrogens with zero attached hydrogens (tertiary/aromatic N) is 2. The highest BCUT2D eigenvalue weighted by atomic mass is 32.1. The van der Waals surface area contributed by atoms with Gasteiger partial charge >= 0.3 is 0 Å². The third-order valence-corrected chi connectivity index (χ3v) is 4.13. The Morgan fingerprint density at radius 1 is 1.29 bits per heavy atom. The van der Waals surface area contributed by atoms with E-state index in [0.29, 0.717) is 31.3 Å². The highest BCUT2D eigenvalue weighted by Crippen LogP contribution is 2.40. The van der Waals surface area contributed by atoms with Gasteiger partial charge in [0.1, 0.15) is 18.2 Å². The average molecular weight is 307 g/mol. The van der Waals surface area contributed by atoms with E-state index in [4.69, 9.17) is 14.2 Å². The number of rotatable bonds is 5. The van der Waals surface area contributed by atoms with Crippen LogP contribution in [0.3, 0.4) is 0 Å². The first kappa shape index (κ1) is 13.9. The molecule has 0 aliphatic carbocycles. The SMILES string of the molecule is CCc1nnc(NCc2cc(OC)c3c(c2)OCCO3)s1. The summed E-state index contributed by atoms with van der Waals surface area (Å²) < 4.78 is 16.6. The quantitative estimate of drug-likeness (QED) is 0.915. The molecule has 1 N–H and O–H groups in total. The minimum Gasteiger partial charge on any atom is -0.493 e. The van der Waals surface area contributed by atoms with E-state index in [-0.39, 0.29) is 0 Å². The molecule has 3 rings (SSSR count). The largest absolute Gasteiger partial charge is 0.493 e. The van der Waals surface area contributed by atoms with Gasteiger partial charge < -0.3 is 19.5 Å². The van der Waals surface area contributed by atoms with Gasteiger partial charge in [0.15, 0.2) is 11.5 Å². The van der Waals surface area contributed by atoms with Crippen LogP contribution in [-0.4, -0.2) is 30.5 Å². The van der Waals surface area contributed by atoms with Crippen LogP contribution in [0.2, 0.25) is 0 Å². The van der Waals surface area contributed by atoms with Crippen molar-refractivity contribution in [3.05, 3.63) is 22.7 Å². The van der Waals surface area contributed by atoms with Crippen molar-refractivity contribution in [1.29, 1.82) is 0 Å². The Kier molecular flexibility index (Phi) is 4.10. The van der Waals surface area contributed by atoms with Crippen molar-refractivity contribution < 1.29 is 14.2 Å². The van der Waals surface area contributed by atoms with Crippen LogP contribution in [0.5, 0.6) is 17.2 Å². The lowest BCUT2D eigenvalue weighted by atomic mass is 10.1. The van der Waals surface area contributed by atoms with Crippen molar-refractivity contribution in [3.63, 3.8) is 0 Å². The summed E-state index contributed by atoms with van der Waals surface area (Å²) in [7, 11) is 1.63. The summed E-state index contributed by atoms with van der Waals surface area (Å²) in [5, 5.41) is 13.3. The highest BCUT2D eigenvalue weighted by Gasteiger charge is 2.18. The fourth-order valence-electron chi connectivity index (χ4n) is 2.08. The molecule has 1 aliphatic rings. The number of aromatic nitrogens is 2. The van der Waals surface area contributed by atoms with E-state index in [1.807, 2.05) is 12.1 Å². The first-order valence-electron chi connectivity index (χ1n) is 6.83. The molecule has 1 aliphatic heterocycles. The number of ether oxygens (including phenoxy) is 3. The van der Waals surface area contributed by atoms with Gasteiger partial charge in [-0.25, -0.2) is 0 Å². The summed E-state index contributed by atoms with van der Waals surface area (Å²) in [6.07, 6.45) is 0.900. The van der Waals surface area contributed by atoms with Crippen molar-refractivity contribution in [1.82, 2.24) is 10.2 Å². The number of nitrogens with one attached hydrogen (secondary N) is 1. The van der Waals surface area contributed by atoms with Crippen LogP contribution in [0, 0.1) is 0 Å². The Morgan fingerprint density at radius 3 is 2.90 bits per heavy atom. The topological polar surface area (TPSA) is 65.5 Å². The maximum absolute atomic E-state index is 5.62. The molecule has 0 fully saturated rings. The standard InChI is InChI=1S/C14H17N3O3S/c1-3-12-16-17-14(21-12)15-8-9-6-10(18-2)13-11(7-9)19-4-5-20-13/h6-7H,3-5,8H2,1-2H3,(H,15,17). The Balaban J connectivity index is 1.75. The Morgan fingerprint density at radius 2 is 2.14 bits per heavy atom. The molecule has 0 atom stereocenters. The monoisotopic (exact) mass is 307 g/mol. The molecular formula is C14H17N3O3S. The fourth-order valence-corrected chi connectivity index (χ4v) is 2.75. The summed E-state index contributed by atoms with van der Waals surface area (Å²) in [4.78, 5) is 0. The third kappa shape index (κ3) is 3.02. The molecule has 0 saturated heterocycles. The Bertz CT molecular complexity index is 613. The molecule has 0 bridgehead atoms. The lowest BCUT2D eigenvalue weighted by Crippen LogP contribution is -2.16. The van der Waals surface area contributed by atoms with Crippen molar-refractivity contribution in [2.24, 2.45) is 0 Å². The number of anilines is 1. The highest BCUT2D eigenvalue weighted by molar-refractivity contribution is 7.15. The van der Waals surface area contributed by atoms with Crippen LogP contribution in [0.4, 0.5) is 5.13 Å². The molecule has 0 radical (unpaired) electrons. The van der Waals surface area contributed by atoms with Crippen LogP contribution in [0.15, 0.2) is 12.1 Å². The van der Waals surface area contributed by atoms with E-state index in [1.54, 1.807) is 18.4 Å². The summed E-state index contributed by atoms with van der Waals surface area (Å²) in [6.45, 7) is 3.80. The molecule has 7 heteroatoms. The predicted molar refractivity (Wildman–Crippen MR) is 80.6 cm³/mol. The molecular weight excluding hydrogens is 290 g/mol. The summed E-state index contributed by atoms with van der Waals surface area (Å²) in [5.74, 6) is 2.09. The number of benzene rings is 1. The first-order valence-corrected chi connectivity index (χ1v) is 7.64. The minimum absolute atomic E-state index is 0.547. The molecule has 21 heavy (non-hydrogen) atoms. The zero-order valence-electron chi connectivity index (χ0n) is 12.0. The molecule has 112 valence electrons. The van der Waals surface area contributed by atoms with E-state index in [1.165, 1.54) is 0 Å². The molecule has 0 saturated carbocycles. The van der Waals surface area contributed by atoms with Gasteiger partial charge in [0, 0.05) is 6.54 Å². The maximum Gasteiger partial charge on any atom is 0.205 e. The second-order valence-electron chi connectivity index (χ2n) is 4.53. The molecule has 1 aromatic carbocycles. The van der Waals surface area contributed by atoms with Crippen LogP contribution in [-0.2, 0) is 13.0 Å². The molecule has 0 spiro atoms. The summed E-state index contributed by atoms with van der Waals surface area (Å²) >= 11 is 1.57. The number of hydrogen-bond donors (Lipinski definition) is 1. The second-order valence-corrected chi connectivity index (χ2v) is 5.59. The van der Waals surface area contributed by atoms with Crippen molar-refractivity contribution in [3.8, 4) is 17.2 Å². The molecule has 2 heterocycles. The predicted octanol–water partition coefficient (Wildman–Crippen LogP) is 2.49. The van der Waals surface area contributed by atoms with Gasteiger partial charge in [-0.2, -0.15) is 0 Å². The van der Waals surface area contributed by atoms with E-state index in [0.717, 1.165) is 27.9 Å². The number of methoxy groups -OCH3 is 1. The van der Waals surface area contributed by atoms with E-state index < -0.39 is 0 Å². The van der Waals surface area contributed by atoms with Gasteiger partial charge in [0.05, 0.1) is 7.11 Å². The zero-order valence-corrected chi connectivity index (χ0v) is 12.8. The second kappa shape index (κ2) is 6.17. The maximum atomic E-state index is 5.62. The molecule has 2 aromatic rings. The van der Waals surface area contributed by atoms with E-state index in [9.17, 15) is 0 Å². The van der Waals surface area contributed by atoms with Gasteiger partial charge in [-0.3, -0.25) is 0 Å². The first-order chi connectivity index (χ1) is 10.3.